The molecule has 0 spiro atoms. The Labute approximate surface area is 364 Å². The minimum absolute atomic E-state index is 0.617. The number of aromatic nitrogens is 5. The van der Waals surface area contributed by atoms with Crippen molar-refractivity contribution in [3.8, 4) is 73.4 Å². The first-order valence-corrected chi connectivity index (χ1v) is 21.2. The zero-order valence-corrected chi connectivity index (χ0v) is 34.1. The Hall–Kier alpha value is -8.54. The van der Waals surface area contributed by atoms with Gasteiger partial charge in [0.1, 0.15) is 0 Å². The SMILES string of the molecule is c1ccc(-c2ccc(-c3nc(-c4ccccc4)nc(-c4cccc(-c5ccc6c7ccc8c9ccccc9c(-c9ccccc9)nc8c7n(-c7ccccc7)c6c5)c4)n3)cc2)cc1. The van der Waals surface area contributed by atoms with E-state index in [2.05, 4.69) is 193 Å². The summed E-state index contributed by atoms with van der Waals surface area (Å²) in [5.41, 5.74) is 13.6. The molecule has 5 nitrogen and oxygen atoms in total. The normalized spacial score (nSPS) is 11.5. The molecule has 3 aromatic heterocycles. The predicted octanol–water partition coefficient (Wildman–Crippen LogP) is 14.7. The van der Waals surface area contributed by atoms with Gasteiger partial charge in [-0.3, -0.25) is 0 Å². The Morgan fingerprint density at radius 1 is 0.270 bits per heavy atom. The Morgan fingerprint density at radius 3 is 1.43 bits per heavy atom. The fourth-order valence-corrected chi connectivity index (χ4v) is 8.99. The highest BCUT2D eigenvalue weighted by atomic mass is 15.0. The van der Waals surface area contributed by atoms with Crippen molar-refractivity contribution in [2.24, 2.45) is 0 Å². The van der Waals surface area contributed by atoms with E-state index >= 15 is 0 Å². The van der Waals surface area contributed by atoms with Crippen molar-refractivity contribution < 1.29 is 0 Å². The summed E-state index contributed by atoms with van der Waals surface area (Å²) in [7, 11) is 0. The number of hydrogen-bond acceptors (Lipinski definition) is 4. The summed E-state index contributed by atoms with van der Waals surface area (Å²) in [6, 6.07) is 78.6. The van der Waals surface area contributed by atoms with E-state index in [4.69, 9.17) is 19.9 Å². The fraction of sp³-hybridized carbons (Fsp3) is 0. The molecule has 0 atom stereocenters. The molecule has 0 unspecified atom stereocenters. The van der Waals surface area contributed by atoms with Gasteiger partial charge in [0.2, 0.25) is 0 Å². The van der Waals surface area contributed by atoms with Gasteiger partial charge in [-0.25, -0.2) is 19.9 Å². The average Bonchev–Trinajstić information content (AvgIpc) is 3.71. The lowest BCUT2D eigenvalue weighted by Gasteiger charge is -2.13. The maximum atomic E-state index is 5.55. The molecule has 0 aliphatic heterocycles. The number of para-hydroxylation sites is 1. The molecule has 0 saturated heterocycles. The van der Waals surface area contributed by atoms with E-state index in [1.807, 2.05) is 36.4 Å². The second kappa shape index (κ2) is 15.2. The lowest BCUT2D eigenvalue weighted by atomic mass is 9.98. The highest BCUT2D eigenvalue weighted by Crippen LogP contribution is 2.41. The van der Waals surface area contributed by atoms with Crippen LogP contribution in [0.4, 0.5) is 0 Å². The second-order valence-electron chi connectivity index (χ2n) is 15.8. The van der Waals surface area contributed by atoms with Crippen LogP contribution in [0.1, 0.15) is 0 Å². The highest BCUT2D eigenvalue weighted by molar-refractivity contribution is 6.23. The van der Waals surface area contributed by atoms with Crippen LogP contribution in [-0.4, -0.2) is 24.5 Å². The van der Waals surface area contributed by atoms with Gasteiger partial charge in [0.15, 0.2) is 17.5 Å². The summed E-state index contributed by atoms with van der Waals surface area (Å²) in [6.45, 7) is 0. The molecule has 12 rings (SSSR count). The van der Waals surface area contributed by atoms with Crippen LogP contribution in [0.3, 0.4) is 0 Å². The van der Waals surface area contributed by atoms with Crippen molar-refractivity contribution in [2.75, 3.05) is 0 Å². The first kappa shape index (κ1) is 36.3. The molecule has 0 bridgehead atoms. The molecule has 9 aromatic carbocycles. The summed E-state index contributed by atoms with van der Waals surface area (Å²) < 4.78 is 2.39. The van der Waals surface area contributed by atoms with Gasteiger partial charge < -0.3 is 4.57 Å². The van der Waals surface area contributed by atoms with Crippen LogP contribution in [0.15, 0.2) is 224 Å². The third-order valence-electron chi connectivity index (χ3n) is 12.0. The van der Waals surface area contributed by atoms with Crippen LogP contribution in [0, 0.1) is 0 Å². The van der Waals surface area contributed by atoms with Gasteiger partial charge >= 0.3 is 0 Å². The third kappa shape index (κ3) is 6.42. The Kier molecular flexibility index (Phi) is 8.75. The van der Waals surface area contributed by atoms with Gasteiger partial charge in [-0.05, 0) is 51.9 Å². The zero-order chi connectivity index (χ0) is 41.7. The third-order valence-corrected chi connectivity index (χ3v) is 12.0. The fourth-order valence-electron chi connectivity index (χ4n) is 8.99. The van der Waals surface area contributed by atoms with E-state index in [-0.39, 0.29) is 0 Å². The molecule has 5 heteroatoms. The number of fused-ring (bicyclic) bond motifs is 7. The minimum atomic E-state index is 0.617. The van der Waals surface area contributed by atoms with Crippen molar-refractivity contribution in [3.63, 3.8) is 0 Å². The average molecular weight is 804 g/mol. The molecule has 0 radical (unpaired) electrons. The summed E-state index contributed by atoms with van der Waals surface area (Å²) in [5, 5.41) is 5.78. The van der Waals surface area contributed by atoms with Gasteiger partial charge in [0, 0.05) is 49.5 Å². The van der Waals surface area contributed by atoms with Crippen molar-refractivity contribution in [1.29, 1.82) is 0 Å². The van der Waals surface area contributed by atoms with Crippen molar-refractivity contribution in [2.45, 2.75) is 0 Å². The molecule has 63 heavy (non-hydrogen) atoms. The molecular weight excluding hydrogens is 767 g/mol. The minimum Gasteiger partial charge on any atom is -0.307 e. The standard InChI is InChI=1S/C58H37N5/c1-5-16-38(17-6-1)39-28-30-42(31-29-39)57-60-56(41-20-9-3-10-21-41)61-58(62-57)45-23-15-22-43(36-45)44-32-33-48-51-35-34-50-47-26-13-14-27-49(47)53(40-18-7-2-8-19-40)59-54(50)55(51)63(52(48)37-44)46-24-11-4-12-25-46/h1-37H. The summed E-state index contributed by atoms with van der Waals surface area (Å²) in [5.74, 6) is 1.87. The van der Waals surface area contributed by atoms with Crippen molar-refractivity contribution >= 4 is 43.5 Å². The van der Waals surface area contributed by atoms with Crippen LogP contribution in [-0.2, 0) is 0 Å². The summed E-state index contributed by atoms with van der Waals surface area (Å²) in [4.78, 5) is 20.7. The molecular formula is C58H37N5. The first-order valence-electron chi connectivity index (χ1n) is 21.2. The predicted molar refractivity (Wildman–Crippen MR) is 260 cm³/mol. The number of rotatable bonds is 7. The van der Waals surface area contributed by atoms with Crippen molar-refractivity contribution in [1.82, 2.24) is 24.5 Å². The van der Waals surface area contributed by atoms with E-state index < -0.39 is 0 Å². The van der Waals surface area contributed by atoms with Crippen LogP contribution in [0.2, 0.25) is 0 Å². The van der Waals surface area contributed by atoms with Crippen LogP contribution in [0.5, 0.6) is 0 Å². The largest absolute Gasteiger partial charge is 0.307 e. The Morgan fingerprint density at radius 2 is 0.730 bits per heavy atom. The first-order chi connectivity index (χ1) is 31.2. The van der Waals surface area contributed by atoms with Gasteiger partial charge in [0.05, 0.1) is 22.2 Å². The lowest BCUT2D eigenvalue weighted by molar-refractivity contribution is 1.07. The molecule has 294 valence electrons. The topological polar surface area (TPSA) is 56.5 Å². The highest BCUT2D eigenvalue weighted by Gasteiger charge is 2.20. The molecule has 0 fully saturated rings. The smallest absolute Gasteiger partial charge is 0.164 e. The van der Waals surface area contributed by atoms with Gasteiger partial charge in [-0.2, -0.15) is 0 Å². The van der Waals surface area contributed by atoms with Gasteiger partial charge in [-0.1, -0.05) is 200 Å². The van der Waals surface area contributed by atoms with E-state index in [1.54, 1.807) is 0 Å². The van der Waals surface area contributed by atoms with Gasteiger partial charge in [-0.15, -0.1) is 0 Å². The molecule has 0 saturated carbocycles. The van der Waals surface area contributed by atoms with E-state index in [0.717, 1.165) is 83.0 Å². The Bertz CT molecular complexity index is 3640. The number of hydrogen-bond donors (Lipinski definition) is 0. The lowest BCUT2D eigenvalue weighted by Crippen LogP contribution is -2.00. The molecule has 3 heterocycles. The molecule has 0 amide bonds. The van der Waals surface area contributed by atoms with E-state index in [0.29, 0.717) is 17.5 Å². The molecule has 0 aliphatic carbocycles. The summed E-state index contributed by atoms with van der Waals surface area (Å²) >= 11 is 0. The Balaban J connectivity index is 1.03. The second-order valence-corrected chi connectivity index (χ2v) is 15.8. The maximum Gasteiger partial charge on any atom is 0.164 e. The maximum absolute atomic E-state index is 5.55. The zero-order valence-electron chi connectivity index (χ0n) is 34.1. The van der Waals surface area contributed by atoms with E-state index in [1.165, 1.54) is 16.3 Å². The summed E-state index contributed by atoms with van der Waals surface area (Å²) in [6.07, 6.45) is 0. The number of pyridine rings is 1. The van der Waals surface area contributed by atoms with Crippen LogP contribution in [0.25, 0.3) is 117 Å². The van der Waals surface area contributed by atoms with Crippen molar-refractivity contribution in [3.05, 3.63) is 224 Å². The number of benzene rings is 9. The molecule has 0 aliphatic rings. The van der Waals surface area contributed by atoms with Crippen LogP contribution >= 0.6 is 0 Å². The quantitative estimate of drug-likeness (QED) is 0.151. The molecule has 0 N–H and O–H groups in total. The number of nitrogens with zero attached hydrogens (tertiary/aromatic N) is 5. The van der Waals surface area contributed by atoms with E-state index in [9.17, 15) is 0 Å². The monoisotopic (exact) mass is 803 g/mol. The van der Waals surface area contributed by atoms with Crippen LogP contribution < -0.4 is 0 Å². The molecule has 12 aromatic rings. The van der Waals surface area contributed by atoms with Gasteiger partial charge in [0.25, 0.3) is 0 Å².